The van der Waals surface area contributed by atoms with E-state index in [2.05, 4.69) is 39.8 Å². The van der Waals surface area contributed by atoms with Crippen LogP contribution in [0.4, 0.5) is 5.69 Å². The zero-order valence-corrected chi connectivity index (χ0v) is 18.9. The van der Waals surface area contributed by atoms with Crippen LogP contribution in [0, 0.1) is 17.7 Å². The SMILES string of the molecule is Cc1cc2c(cc1C)N(C(=O)c1ccc3c(c1)OCO3)C(C)(C)c1ssc(=S)c1-2. The Bertz CT molecular complexity index is 1240. The second-order valence-electron chi connectivity index (χ2n) is 7.88. The van der Waals surface area contributed by atoms with E-state index in [0.29, 0.717) is 17.1 Å². The molecule has 7 heteroatoms. The third-order valence-electron chi connectivity index (χ3n) is 5.69. The Morgan fingerprint density at radius 3 is 2.59 bits per heavy atom. The fourth-order valence-electron chi connectivity index (χ4n) is 4.01. The van der Waals surface area contributed by atoms with Crippen molar-refractivity contribution in [3.8, 4) is 22.6 Å². The molecular weight excluding hydrogens is 422 g/mol. The molecule has 0 bridgehead atoms. The first kappa shape index (κ1) is 18.8. The lowest BCUT2D eigenvalue weighted by atomic mass is 9.85. The summed E-state index contributed by atoms with van der Waals surface area (Å²) in [6.45, 7) is 8.54. The average molecular weight is 442 g/mol. The first-order valence-electron chi connectivity index (χ1n) is 9.28. The molecule has 0 aliphatic carbocycles. The minimum absolute atomic E-state index is 0.0622. The third-order valence-corrected chi connectivity index (χ3v) is 9.02. The largest absolute Gasteiger partial charge is 0.454 e. The van der Waals surface area contributed by atoms with E-state index in [4.69, 9.17) is 21.7 Å². The second kappa shape index (κ2) is 6.39. The Hall–Kier alpha value is -2.22. The number of ether oxygens (including phenoxy) is 2. The van der Waals surface area contributed by atoms with Gasteiger partial charge in [0.2, 0.25) is 6.79 Å². The minimum Gasteiger partial charge on any atom is -0.454 e. The average Bonchev–Trinajstić information content (AvgIpc) is 3.30. The van der Waals surface area contributed by atoms with Crippen molar-refractivity contribution < 1.29 is 14.3 Å². The van der Waals surface area contributed by atoms with Gasteiger partial charge in [-0.2, -0.15) is 0 Å². The third kappa shape index (κ3) is 2.68. The molecule has 2 aliphatic rings. The van der Waals surface area contributed by atoms with Gasteiger partial charge in [0.05, 0.1) is 16.1 Å². The molecule has 29 heavy (non-hydrogen) atoms. The van der Waals surface area contributed by atoms with Gasteiger partial charge < -0.3 is 9.47 Å². The van der Waals surface area contributed by atoms with Crippen LogP contribution in [0.15, 0.2) is 30.3 Å². The maximum atomic E-state index is 13.8. The maximum absolute atomic E-state index is 13.8. The molecule has 3 heterocycles. The van der Waals surface area contributed by atoms with Crippen LogP contribution in [-0.2, 0) is 5.54 Å². The van der Waals surface area contributed by atoms with Crippen molar-refractivity contribution >= 4 is 44.5 Å². The maximum Gasteiger partial charge on any atom is 0.259 e. The van der Waals surface area contributed by atoms with Crippen LogP contribution >= 0.6 is 32.9 Å². The highest BCUT2D eigenvalue weighted by molar-refractivity contribution is 7.80. The van der Waals surface area contributed by atoms with Crippen molar-refractivity contribution in [2.75, 3.05) is 11.7 Å². The summed E-state index contributed by atoms with van der Waals surface area (Å²) < 4.78 is 11.8. The van der Waals surface area contributed by atoms with Crippen LogP contribution in [0.2, 0.25) is 0 Å². The van der Waals surface area contributed by atoms with Crippen molar-refractivity contribution in [2.45, 2.75) is 33.2 Å². The normalized spacial score (nSPS) is 15.8. The Morgan fingerprint density at radius 1 is 1.07 bits per heavy atom. The van der Waals surface area contributed by atoms with Crippen LogP contribution in [-0.4, -0.2) is 12.7 Å². The molecule has 1 aromatic heterocycles. The van der Waals surface area contributed by atoms with Crippen molar-refractivity contribution in [3.63, 3.8) is 0 Å². The quantitative estimate of drug-likeness (QED) is 0.321. The first-order chi connectivity index (χ1) is 13.8. The molecule has 0 N–H and O–H groups in total. The van der Waals surface area contributed by atoms with Crippen molar-refractivity contribution in [1.82, 2.24) is 0 Å². The molecule has 148 valence electrons. The van der Waals surface area contributed by atoms with E-state index in [-0.39, 0.29) is 12.7 Å². The Balaban J connectivity index is 1.74. The number of aryl methyl sites for hydroxylation is 2. The van der Waals surface area contributed by atoms with Crippen molar-refractivity contribution in [1.29, 1.82) is 0 Å². The highest BCUT2D eigenvalue weighted by atomic mass is 32.9. The smallest absolute Gasteiger partial charge is 0.259 e. The highest BCUT2D eigenvalue weighted by Gasteiger charge is 2.43. The fourth-order valence-corrected chi connectivity index (χ4v) is 7.29. The predicted molar refractivity (Wildman–Crippen MR) is 120 cm³/mol. The first-order valence-corrected chi connectivity index (χ1v) is 11.8. The molecule has 0 saturated carbocycles. The molecule has 4 nitrogen and oxygen atoms in total. The number of amides is 1. The number of hydrogen-bond donors (Lipinski definition) is 0. The summed E-state index contributed by atoms with van der Waals surface area (Å²) in [6, 6.07) is 9.64. The summed E-state index contributed by atoms with van der Waals surface area (Å²) in [5, 5.41) is 0. The summed E-state index contributed by atoms with van der Waals surface area (Å²) >= 11 is 5.67. The molecule has 0 fully saturated rings. The number of rotatable bonds is 1. The number of nitrogens with zero attached hydrogens (tertiary/aromatic N) is 1. The number of carbonyl (C=O) groups is 1. The molecule has 2 aliphatic heterocycles. The van der Waals surface area contributed by atoms with Crippen LogP contribution in [0.25, 0.3) is 11.1 Å². The lowest BCUT2D eigenvalue weighted by molar-refractivity contribution is 0.0961. The number of benzene rings is 2. The molecule has 2 aromatic carbocycles. The molecule has 0 spiro atoms. The lowest BCUT2D eigenvalue weighted by Crippen LogP contribution is -2.47. The van der Waals surface area contributed by atoms with Crippen LogP contribution in [0.5, 0.6) is 11.5 Å². The van der Waals surface area contributed by atoms with Gasteiger partial charge in [-0.05, 0) is 69.2 Å². The van der Waals surface area contributed by atoms with E-state index in [1.807, 2.05) is 4.90 Å². The van der Waals surface area contributed by atoms with Gasteiger partial charge >= 0.3 is 0 Å². The molecule has 0 atom stereocenters. The zero-order valence-electron chi connectivity index (χ0n) is 16.5. The molecule has 0 radical (unpaired) electrons. The van der Waals surface area contributed by atoms with Gasteiger partial charge in [0, 0.05) is 16.7 Å². The van der Waals surface area contributed by atoms with Crippen LogP contribution < -0.4 is 14.4 Å². The Kier molecular flexibility index (Phi) is 4.14. The van der Waals surface area contributed by atoms with Gasteiger partial charge in [-0.1, -0.05) is 32.9 Å². The summed E-state index contributed by atoms with van der Waals surface area (Å²) in [5.74, 6) is 1.22. The molecule has 1 amide bonds. The molecule has 0 saturated heterocycles. The standard InChI is InChI=1S/C22H19NO3S3/c1-11-7-14-15(8-12(11)2)23(22(3,4)19-18(14)21(27)29-28-19)20(24)13-5-6-16-17(9-13)26-10-25-16/h5-9H,10H2,1-4H3. The summed E-state index contributed by atoms with van der Waals surface area (Å²) in [4.78, 5) is 16.8. The van der Waals surface area contributed by atoms with Gasteiger partial charge in [-0.25, -0.2) is 0 Å². The van der Waals surface area contributed by atoms with E-state index in [1.165, 1.54) is 5.56 Å². The summed E-state index contributed by atoms with van der Waals surface area (Å²) in [7, 11) is 3.27. The highest BCUT2D eigenvalue weighted by Crippen LogP contribution is 2.53. The molecule has 0 unspecified atom stereocenters. The Labute approximate surface area is 181 Å². The predicted octanol–water partition coefficient (Wildman–Crippen LogP) is 6.45. The number of carbonyl (C=O) groups excluding carboxylic acids is 1. The lowest BCUT2D eigenvalue weighted by Gasteiger charge is -2.43. The van der Waals surface area contributed by atoms with Crippen LogP contribution in [0.1, 0.15) is 40.2 Å². The Morgan fingerprint density at radius 2 is 1.79 bits per heavy atom. The van der Waals surface area contributed by atoms with E-state index < -0.39 is 5.54 Å². The number of fused-ring (bicyclic) bond motifs is 4. The number of anilines is 1. The minimum atomic E-state index is -0.518. The number of hydrogen-bond acceptors (Lipinski definition) is 6. The topological polar surface area (TPSA) is 38.8 Å². The summed E-state index contributed by atoms with van der Waals surface area (Å²) in [6.07, 6.45) is 0. The molecular formula is C22H19NO3S3. The fraction of sp³-hybridized carbons (Fsp3) is 0.273. The van der Waals surface area contributed by atoms with E-state index in [0.717, 1.165) is 31.1 Å². The van der Waals surface area contributed by atoms with Gasteiger partial charge in [0.25, 0.3) is 5.91 Å². The van der Waals surface area contributed by atoms with Crippen LogP contribution in [0.3, 0.4) is 0 Å². The van der Waals surface area contributed by atoms with E-state index in [9.17, 15) is 4.79 Å². The monoisotopic (exact) mass is 441 g/mol. The van der Waals surface area contributed by atoms with E-state index in [1.54, 1.807) is 38.9 Å². The van der Waals surface area contributed by atoms with E-state index >= 15 is 0 Å². The van der Waals surface area contributed by atoms with Gasteiger partial charge in [0.1, 0.15) is 3.82 Å². The molecule has 5 rings (SSSR count). The van der Waals surface area contributed by atoms with Gasteiger partial charge in [0.15, 0.2) is 11.5 Å². The van der Waals surface area contributed by atoms with Gasteiger partial charge in [-0.3, -0.25) is 9.69 Å². The summed E-state index contributed by atoms with van der Waals surface area (Å²) in [5.41, 5.74) is 5.45. The zero-order chi connectivity index (χ0) is 20.5. The van der Waals surface area contributed by atoms with Gasteiger partial charge in [-0.15, -0.1) is 0 Å². The second-order valence-corrected chi connectivity index (χ2v) is 10.7. The molecule has 3 aromatic rings. The van der Waals surface area contributed by atoms with Crippen molar-refractivity contribution in [2.24, 2.45) is 0 Å². The van der Waals surface area contributed by atoms with Crippen molar-refractivity contribution in [3.05, 3.63) is 55.7 Å².